The van der Waals surface area contributed by atoms with Gasteiger partial charge in [0.25, 0.3) is 0 Å². The predicted octanol–water partition coefficient (Wildman–Crippen LogP) is -8.72. The molecule has 13 N–H and O–H groups in total. The van der Waals surface area contributed by atoms with E-state index >= 15 is 0 Å². The molecule has 0 aromatic carbocycles. The summed E-state index contributed by atoms with van der Waals surface area (Å²) in [7, 11) is 0. The van der Waals surface area contributed by atoms with Gasteiger partial charge in [0.05, 0.1) is 25.9 Å². The second kappa shape index (κ2) is 15.0. The molecule has 4 fully saturated rings. The van der Waals surface area contributed by atoms with Crippen molar-refractivity contribution < 1.29 is 99.5 Å². The molecule has 20 atom stereocenters. The number of rotatable bonds is 9. The summed E-state index contributed by atoms with van der Waals surface area (Å²) in [6.45, 7) is -0.796. The fraction of sp³-hybridized carbons (Fsp3) is 1.00. The van der Waals surface area contributed by atoms with E-state index in [2.05, 4.69) is 0 Å². The van der Waals surface area contributed by atoms with E-state index < -0.39 is 143 Å². The molecular weight excluding hydrogens is 608 g/mol. The van der Waals surface area contributed by atoms with Crippen molar-refractivity contribution in [3.63, 3.8) is 0 Å². The Hall–Kier alpha value is -0.800. The maximum Gasteiger partial charge on any atom is 0.187 e. The lowest BCUT2D eigenvalue weighted by Crippen LogP contribution is -2.66. The van der Waals surface area contributed by atoms with E-state index in [0.717, 1.165) is 0 Å². The summed E-state index contributed by atoms with van der Waals surface area (Å²) in [6, 6.07) is 0. The van der Waals surface area contributed by atoms with Gasteiger partial charge in [0.15, 0.2) is 25.2 Å². The van der Waals surface area contributed by atoms with Crippen LogP contribution in [0.5, 0.6) is 0 Å². The van der Waals surface area contributed by atoms with Gasteiger partial charge >= 0.3 is 0 Å². The Kier molecular flexibility index (Phi) is 12.3. The van der Waals surface area contributed by atoms with E-state index in [1.54, 1.807) is 0 Å². The third kappa shape index (κ3) is 7.19. The fourth-order valence-electron chi connectivity index (χ4n) is 5.41. The molecule has 0 spiro atoms. The summed E-state index contributed by atoms with van der Waals surface area (Å²) in [4.78, 5) is 0. The number of aliphatic hydroxyl groups excluding tert-OH is 13. The van der Waals surface area contributed by atoms with Crippen LogP contribution in [0.15, 0.2) is 0 Å². The topological polar surface area (TPSA) is 328 Å². The molecule has 4 heterocycles. The van der Waals surface area contributed by atoms with E-state index in [1.165, 1.54) is 6.92 Å². The van der Waals surface area contributed by atoms with E-state index in [-0.39, 0.29) is 0 Å². The molecule has 0 saturated carbocycles. The smallest absolute Gasteiger partial charge is 0.187 e. The van der Waals surface area contributed by atoms with E-state index in [0.29, 0.717) is 0 Å². The second-order valence-electron chi connectivity index (χ2n) is 11.2. The maximum atomic E-state index is 10.9. The molecule has 20 nitrogen and oxygen atoms in total. The van der Waals surface area contributed by atoms with Crippen LogP contribution >= 0.6 is 0 Å². The zero-order valence-electron chi connectivity index (χ0n) is 23.3. The minimum atomic E-state index is -1.92. The van der Waals surface area contributed by atoms with Gasteiger partial charge in [0, 0.05) is 0 Å². The third-order valence-electron chi connectivity index (χ3n) is 8.14. The van der Waals surface area contributed by atoms with Crippen LogP contribution in [0.3, 0.4) is 0 Å². The standard InChI is InChI=1S/C24H42O20/c1-5-19(43-24-16(34)13(31)9(27)6(2-25)42-24)14(32)17(35)23(39-5)44-20-11(29)7(3-26)41-22(18(20)36)38-4-8-10(28)12(30)15(33)21(37)40-8/h5-37H,2-4H2,1H3/t5-,6+,7+,8+,9+,10+,11-,12-,13-,14-,15+,16+,17+,18+,19-,20-,21+,22+,23-,24-/m0/s1. The van der Waals surface area contributed by atoms with Crippen LogP contribution < -0.4 is 0 Å². The van der Waals surface area contributed by atoms with Gasteiger partial charge in [-0.3, -0.25) is 0 Å². The minimum Gasteiger partial charge on any atom is -0.394 e. The molecule has 258 valence electrons. The minimum absolute atomic E-state index is 0.625. The quantitative estimate of drug-likeness (QED) is 0.110. The van der Waals surface area contributed by atoms with Crippen LogP contribution in [-0.2, 0) is 33.2 Å². The molecule has 0 bridgehead atoms. The zero-order valence-corrected chi connectivity index (χ0v) is 23.3. The van der Waals surface area contributed by atoms with Gasteiger partial charge in [-0.15, -0.1) is 0 Å². The first-order chi connectivity index (χ1) is 20.7. The summed E-state index contributed by atoms with van der Waals surface area (Å²) in [5.41, 5.74) is 0. The number of aliphatic hydroxyl groups is 13. The maximum absolute atomic E-state index is 10.9. The molecule has 0 amide bonds. The van der Waals surface area contributed by atoms with Gasteiger partial charge in [0.1, 0.15) is 91.6 Å². The molecule has 0 radical (unpaired) electrons. The first kappa shape index (κ1) is 36.0. The molecule has 4 aliphatic rings. The average molecular weight is 651 g/mol. The summed E-state index contributed by atoms with van der Waals surface area (Å²) in [5.74, 6) is 0. The Morgan fingerprint density at radius 3 is 1.59 bits per heavy atom. The zero-order chi connectivity index (χ0) is 32.6. The molecule has 20 heteroatoms. The molecule has 4 rings (SSSR count). The van der Waals surface area contributed by atoms with Crippen LogP contribution in [0, 0.1) is 0 Å². The van der Waals surface area contributed by atoms with Crippen molar-refractivity contribution in [2.75, 3.05) is 19.8 Å². The van der Waals surface area contributed by atoms with Crippen LogP contribution in [0.4, 0.5) is 0 Å². The highest BCUT2D eigenvalue weighted by molar-refractivity contribution is 4.96. The number of hydrogen-bond donors (Lipinski definition) is 13. The predicted molar refractivity (Wildman–Crippen MR) is 132 cm³/mol. The normalized spacial score (nSPS) is 53.9. The van der Waals surface area contributed by atoms with Crippen LogP contribution in [-0.4, -0.2) is 209 Å². The van der Waals surface area contributed by atoms with Crippen molar-refractivity contribution in [2.45, 2.75) is 130 Å². The van der Waals surface area contributed by atoms with Crippen molar-refractivity contribution >= 4 is 0 Å². The lowest BCUT2D eigenvalue weighted by molar-refractivity contribution is -0.378. The van der Waals surface area contributed by atoms with Gasteiger partial charge in [-0.25, -0.2) is 0 Å². The molecule has 4 saturated heterocycles. The summed E-state index contributed by atoms with van der Waals surface area (Å²) < 4.78 is 37.8. The monoisotopic (exact) mass is 650 g/mol. The summed E-state index contributed by atoms with van der Waals surface area (Å²) in [6.07, 6.45) is -33.2. The Labute approximate surface area is 249 Å². The largest absolute Gasteiger partial charge is 0.394 e. The molecular formula is C24H42O20. The Bertz CT molecular complexity index is 900. The lowest BCUT2D eigenvalue weighted by Gasteiger charge is -2.48. The van der Waals surface area contributed by atoms with Gasteiger partial charge in [0.2, 0.25) is 0 Å². The Morgan fingerprint density at radius 1 is 0.455 bits per heavy atom. The van der Waals surface area contributed by atoms with Gasteiger partial charge in [-0.2, -0.15) is 0 Å². The first-order valence-electron chi connectivity index (χ1n) is 14.0. The van der Waals surface area contributed by atoms with Crippen LogP contribution in [0.25, 0.3) is 0 Å². The van der Waals surface area contributed by atoms with E-state index in [1.807, 2.05) is 0 Å². The highest BCUT2D eigenvalue weighted by atomic mass is 16.8. The van der Waals surface area contributed by atoms with E-state index in [4.69, 9.17) is 33.2 Å². The molecule has 0 aromatic heterocycles. The highest BCUT2D eigenvalue weighted by Gasteiger charge is 2.53. The van der Waals surface area contributed by atoms with Gasteiger partial charge < -0.3 is 99.5 Å². The highest BCUT2D eigenvalue weighted by Crippen LogP contribution is 2.33. The average Bonchev–Trinajstić information content (AvgIpc) is 3.00. The van der Waals surface area contributed by atoms with Gasteiger partial charge in [-0.05, 0) is 6.92 Å². The van der Waals surface area contributed by atoms with E-state index in [9.17, 15) is 66.4 Å². The SMILES string of the molecule is C[C@@H]1O[C@@H](O[C@H]2[C@@H](O)[C@@H](CO)O[C@@H](OC[C@H]3O[C@@H](O)[C@H](O)[C@@H](O)[C@@H]3O)[C@@H]2O)[C@H](O)[C@H](O)[C@H]1O[C@@H]1O[C@H](CO)[C@@H](O)[C@H](O)[C@H]1O. The summed E-state index contributed by atoms with van der Waals surface area (Å²) in [5, 5.41) is 132. The second-order valence-corrected chi connectivity index (χ2v) is 11.2. The van der Waals surface area contributed by atoms with Crippen molar-refractivity contribution in [1.82, 2.24) is 0 Å². The number of hydrogen-bond acceptors (Lipinski definition) is 20. The van der Waals surface area contributed by atoms with Crippen molar-refractivity contribution in [1.29, 1.82) is 0 Å². The molecule has 44 heavy (non-hydrogen) atoms. The fourth-order valence-corrected chi connectivity index (χ4v) is 5.41. The summed E-state index contributed by atoms with van der Waals surface area (Å²) >= 11 is 0. The van der Waals surface area contributed by atoms with Crippen molar-refractivity contribution in [3.8, 4) is 0 Å². The number of ether oxygens (including phenoxy) is 7. The van der Waals surface area contributed by atoms with Crippen molar-refractivity contribution in [3.05, 3.63) is 0 Å². The van der Waals surface area contributed by atoms with Crippen LogP contribution in [0.1, 0.15) is 6.92 Å². The molecule has 0 unspecified atom stereocenters. The van der Waals surface area contributed by atoms with Crippen molar-refractivity contribution in [2.24, 2.45) is 0 Å². The van der Waals surface area contributed by atoms with Crippen LogP contribution in [0.2, 0.25) is 0 Å². The Balaban J connectivity index is 1.40. The van der Waals surface area contributed by atoms with Gasteiger partial charge in [-0.1, -0.05) is 0 Å². The molecule has 0 aromatic rings. The molecule has 4 aliphatic heterocycles. The molecule has 0 aliphatic carbocycles. The third-order valence-corrected chi connectivity index (χ3v) is 8.14. The lowest BCUT2D eigenvalue weighted by atomic mass is 9.96. The first-order valence-corrected chi connectivity index (χ1v) is 14.0. The Morgan fingerprint density at radius 2 is 0.955 bits per heavy atom.